The van der Waals surface area contributed by atoms with Crippen LogP contribution < -0.4 is 11.2 Å². The number of hydrogen-bond acceptors (Lipinski definition) is 6. The quantitative estimate of drug-likeness (QED) is 0.572. The lowest BCUT2D eigenvalue weighted by Crippen LogP contribution is -2.43. The van der Waals surface area contributed by atoms with Gasteiger partial charge in [0.1, 0.15) is 4.83 Å². The van der Waals surface area contributed by atoms with Crippen molar-refractivity contribution in [3.8, 4) is 5.69 Å². The van der Waals surface area contributed by atoms with Gasteiger partial charge in [-0.1, -0.05) is 25.1 Å². The molecule has 5 rings (SSSR count). The molecule has 32 heavy (non-hydrogen) atoms. The van der Waals surface area contributed by atoms with Gasteiger partial charge < -0.3 is 4.74 Å². The predicted octanol–water partition coefficient (Wildman–Crippen LogP) is 2.31. The van der Waals surface area contributed by atoms with Crippen LogP contribution in [0.3, 0.4) is 0 Å². The average Bonchev–Trinajstić information content (AvgIpc) is 3.19. The lowest BCUT2D eigenvalue weighted by molar-refractivity contribution is 0.0364. The molecule has 0 unspecified atom stereocenters. The van der Waals surface area contributed by atoms with Crippen LogP contribution in [0.2, 0.25) is 0 Å². The number of benzene rings is 1. The summed E-state index contributed by atoms with van der Waals surface area (Å²) in [6.45, 7) is 9.65. The molecule has 2 aromatic heterocycles. The Labute approximate surface area is 191 Å². The molecule has 8 heteroatoms. The van der Waals surface area contributed by atoms with Crippen LogP contribution in [0.25, 0.3) is 15.9 Å². The minimum Gasteiger partial charge on any atom is -0.379 e. The summed E-state index contributed by atoms with van der Waals surface area (Å²) >= 11 is 1.64. The van der Waals surface area contributed by atoms with E-state index in [9.17, 15) is 9.59 Å². The standard InChI is InChI=1S/C24H30N4O3S/c1-2-9-26-10-8-19-20(17-26)32-23-21(19)22(29)28(18-6-4-3-5-7-18)24(30)27(23)12-11-25-13-15-31-16-14-25/h3-7H,2,8-17H2,1H3. The zero-order chi connectivity index (χ0) is 22.1. The van der Waals surface area contributed by atoms with Gasteiger partial charge in [0.15, 0.2) is 0 Å². The van der Waals surface area contributed by atoms with Crippen LogP contribution in [0.5, 0.6) is 0 Å². The molecule has 1 saturated heterocycles. The first-order chi connectivity index (χ1) is 15.7. The highest BCUT2D eigenvalue weighted by Gasteiger charge is 2.26. The second-order valence-corrected chi connectivity index (χ2v) is 9.66. The number of aromatic nitrogens is 2. The van der Waals surface area contributed by atoms with Crippen LogP contribution in [-0.2, 0) is 24.2 Å². The fraction of sp³-hybridized carbons (Fsp3) is 0.500. The predicted molar refractivity (Wildman–Crippen MR) is 128 cm³/mol. The monoisotopic (exact) mass is 454 g/mol. The molecule has 0 atom stereocenters. The molecular weight excluding hydrogens is 424 g/mol. The lowest BCUT2D eigenvalue weighted by Gasteiger charge is -2.27. The van der Waals surface area contributed by atoms with E-state index in [0.29, 0.717) is 12.2 Å². The molecule has 2 aliphatic heterocycles. The Morgan fingerprint density at radius 2 is 1.75 bits per heavy atom. The zero-order valence-corrected chi connectivity index (χ0v) is 19.4. The molecule has 0 aliphatic carbocycles. The van der Waals surface area contributed by atoms with Gasteiger partial charge >= 0.3 is 5.69 Å². The van der Waals surface area contributed by atoms with Gasteiger partial charge in [0.2, 0.25) is 0 Å². The van der Waals surface area contributed by atoms with Crippen LogP contribution in [0.4, 0.5) is 0 Å². The van der Waals surface area contributed by atoms with Crippen molar-refractivity contribution >= 4 is 21.6 Å². The van der Waals surface area contributed by atoms with Gasteiger partial charge in [0, 0.05) is 44.1 Å². The van der Waals surface area contributed by atoms with Crippen LogP contribution in [0.15, 0.2) is 39.9 Å². The van der Waals surface area contributed by atoms with Crippen molar-refractivity contribution in [1.29, 1.82) is 0 Å². The SMILES string of the molecule is CCCN1CCc2c(sc3c2c(=O)n(-c2ccccc2)c(=O)n3CCN2CCOCC2)C1. The highest BCUT2D eigenvalue weighted by atomic mass is 32.1. The third-order valence-electron chi connectivity index (χ3n) is 6.50. The lowest BCUT2D eigenvalue weighted by atomic mass is 10.1. The fourth-order valence-corrected chi connectivity index (χ4v) is 6.23. The van der Waals surface area contributed by atoms with Gasteiger partial charge in [0.05, 0.1) is 24.3 Å². The Bertz CT molecular complexity index is 1210. The Hall–Kier alpha value is -2.26. The van der Waals surface area contributed by atoms with Gasteiger partial charge in [-0.3, -0.25) is 19.2 Å². The van der Waals surface area contributed by atoms with Crippen molar-refractivity contribution in [3.63, 3.8) is 0 Å². The summed E-state index contributed by atoms with van der Waals surface area (Å²) in [6.07, 6.45) is 1.98. The summed E-state index contributed by atoms with van der Waals surface area (Å²) in [5.74, 6) is 0. The zero-order valence-electron chi connectivity index (χ0n) is 18.6. The van der Waals surface area contributed by atoms with Crippen LogP contribution >= 0.6 is 11.3 Å². The number of morpholine rings is 1. The number of fused-ring (bicyclic) bond motifs is 3. The molecule has 3 aromatic rings. The van der Waals surface area contributed by atoms with E-state index in [-0.39, 0.29) is 11.2 Å². The highest BCUT2D eigenvalue weighted by molar-refractivity contribution is 7.18. The van der Waals surface area contributed by atoms with Crippen molar-refractivity contribution in [2.24, 2.45) is 0 Å². The van der Waals surface area contributed by atoms with E-state index < -0.39 is 0 Å². The third-order valence-corrected chi connectivity index (χ3v) is 7.74. The average molecular weight is 455 g/mol. The summed E-state index contributed by atoms with van der Waals surface area (Å²) < 4.78 is 8.67. The van der Waals surface area contributed by atoms with E-state index in [1.165, 1.54) is 9.44 Å². The first-order valence-corrected chi connectivity index (χ1v) is 12.4. The topological polar surface area (TPSA) is 59.7 Å². The van der Waals surface area contributed by atoms with Crippen LogP contribution in [0.1, 0.15) is 23.8 Å². The van der Waals surface area contributed by atoms with E-state index in [2.05, 4.69) is 16.7 Å². The molecule has 0 amide bonds. The summed E-state index contributed by atoms with van der Waals surface area (Å²) in [5, 5.41) is 0.742. The summed E-state index contributed by atoms with van der Waals surface area (Å²) in [7, 11) is 0. The molecule has 1 aromatic carbocycles. The number of para-hydroxylation sites is 1. The maximum Gasteiger partial charge on any atom is 0.336 e. The Morgan fingerprint density at radius 3 is 2.50 bits per heavy atom. The maximum atomic E-state index is 13.7. The van der Waals surface area contributed by atoms with Crippen molar-refractivity contribution < 1.29 is 4.74 Å². The molecule has 0 bridgehead atoms. The summed E-state index contributed by atoms with van der Waals surface area (Å²) in [6, 6.07) is 9.31. The van der Waals surface area contributed by atoms with E-state index in [4.69, 9.17) is 4.74 Å². The maximum absolute atomic E-state index is 13.7. The Morgan fingerprint density at radius 1 is 0.969 bits per heavy atom. The van der Waals surface area contributed by atoms with E-state index in [1.807, 2.05) is 34.9 Å². The van der Waals surface area contributed by atoms with Crippen molar-refractivity contribution in [1.82, 2.24) is 18.9 Å². The molecule has 0 saturated carbocycles. The second-order valence-electron chi connectivity index (χ2n) is 8.57. The second kappa shape index (κ2) is 9.31. The molecule has 0 N–H and O–H groups in total. The smallest absolute Gasteiger partial charge is 0.336 e. The molecule has 1 fully saturated rings. The summed E-state index contributed by atoms with van der Waals surface area (Å²) in [4.78, 5) is 34.2. The minimum atomic E-state index is -0.244. The molecular formula is C24H30N4O3S. The van der Waals surface area contributed by atoms with E-state index in [1.54, 1.807) is 11.3 Å². The third kappa shape index (κ3) is 3.96. The number of rotatable bonds is 6. The first-order valence-electron chi connectivity index (χ1n) is 11.6. The molecule has 0 spiro atoms. The summed E-state index contributed by atoms with van der Waals surface area (Å²) in [5.41, 5.74) is 1.35. The Balaban J connectivity index is 1.64. The number of nitrogens with zero attached hydrogens (tertiary/aromatic N) is 4. The Kier molecular flexibility index (Phi) is 6.28. The molecule has 0 radical (unpaired) electrons. The van der Waals surface area contributed by atoms with E-state index in [0.717, 1.165) is 81.1 Å². The van der Waals surface area contributed by atoms with Gasteiger partial charge in [-0.25, -0.2) is 9.36 Å². The van der Waals surface area contributed by atoms with Crippen LogP contribution in [0, 0.1) is 0 Å². The fourth-order valence-electron chi connectivity index (χ4n) is 4.83. The minimum absolute atomic E-state index is 0.180. The largest absolute Gasteiger partial charge is 0.379 e. The van der Waals surface area contributed by atoms with Crippen molar-refractivity contribution in [2.45, 2.75) is 32.9 Å². The molecule has 4 heterocycles. The number of hydrogen-bond donors (Lipinski definition) is 0. The normalized spacial score (nSPS) is 17.7. The molecule has 170 valence electrons. The number of thiophene rings is 1. The van der Waals surface area contributed by atoms with Gasteiger partial charge in [-0.2, -0.15) is 0 Å². The number of ether oxygens (including phenoxy) is 1. The van der Waals surface area contributed by atoms with E-state index >= 15 is 0 Å². The first kappa shape index (κ1) is 21.6. The van der Waals surface area contributed by atoms with Crippen LogP contribution in [-0.4, -0.2) is 64.9 Å². The van der Waals surface area contributed by atoms with Gasteiger partial charge in [-0.15, -0.1) is 11.3 Å². The highest BCUT2D eigenvalue weighted by Crippen LogP contribution is 2.33. The van der Waals surface area contributed by atoms with Gasteiger partial charge in [0.25, 0.3) is 5.56 Å². The van der Waals surface area contributed by atoms with Crippen molar-refractivity contribution in [3.05, 3.63) is 61.6 Å². The molecule has 2 aliphatic rings. The van der Waals surface area contributed by atoms with Crippen molar-refractivity contribution in [2.75, 3.05) is 45.9 Å². The van der Waals surface area contributed by atoms with Gasteiger partial charge in [-0.05, 0) is 37.1 Å². The molecule has 7 nitrogen and oxygen atoms in total.